The molecule has 0 radical (unpaired) electrons. The van der Waals surface area contributed by atoms with E-state index >= 15 is 0 Å². The van der Waals surface area contributed by atoms with Gasteiger partial charge in [0.2, 0.25) is 0 Å². The van der Waals surface area contributed by atoms with Crippen molar-refractivity contribution in [3.05, 3.63) is 42.5 Å². The summed E-state index contributed by atoms with van der Waals surface area (Å²) in [6, 6.07) is 20.0. The van der Waals surface area contributed by atoms with Crippen LogP contribution in [0.25, 0.3) is 10.8 Å². The second-order valence-electron chi connectivity index (χ2n) is 18.7. The zero-order chi connectivity index (χ0) is 30.4. The first-order chi connectivity index (χ1) is 21.8. The number of fused-ring (bicyclic) bond motifs is 8. The van der Waals surface area contributed by atoms with E-state index in [1.54, 1.807) is 10.8 Å². The zero-order valence-electron chi connectivity index (χ0n) is 28.6. The minimum atomic E-state index is 0.370. The fourth-order valence-corrected chi connectivity index (χ4v) is 14.2. The molecule has 3 nitrogen and oxygen atoms in total. The summed E-state index contributed by atoms with van der Waals surface area (Å²) in [7, 11) is 0. The summed E-state index contributed by atoms with van der Waals surface area (Å²) in [5.41, 5.74) is 2.07. The van der Waals surface area contributed by atoms with Gasteiger partial charge in [0.25, 0.3) is 0 Å². The van der Waals surface area contributed by atoms with Gasteiger partial charge < -0.3 is 9.80 Å². The predicted molar refractivity (Wildman–Crippen MR) is 188 cm³/mol. The van der Waals surface area contributed by atoms with Crippen LogP contribution in [0, 0.1) is 46.8 Å². The molecule has 0 N–H and O–H groups in total. The summed E-state index contributed by atoms with van der Waals surface area (Å²) < 4.78 is 0. The minimum Gasteiger partial charge on any atom is -0.337 e. The number of rotatable bonds is 1. The van der Waals surface area contributed by atoms with E-state index in [1.807, 2.05) is 0 Å². The van der Waals surface area contributed by atoms with E-state index in [0.717, 1.165) is 53.3 Å². The highest BCUT2D eigenvalue weighted by atomic mass is 15.5. The lowest BCUT2D eigenvalue weighted by Gasteiger charge is -2.69. The largest absolute Gasteiger partial charge is 0.337 e. The Kier molecular flexibility index (Phi) is 6.11. The lowest BCUT2D eigenvalue weighted by Crippen LogP contribution is -2.77. The second kappa shape index (κ2) is 9.79. The average Bonchev–Trinajstić information content (AvgIpc) is 3.64. The molecule has 14 atom stereocenters. The van der Waals surface area contributed by atoms with Crippen LogP contribution in [0.1, 0.15) is 98.8 Å². The molecule has 10 rings (SSSR count). The van der Waals surface area contributed by atoms with Crippen molar-refractivity contribution < 1.29 is 0 Å². The second-order valence-corrected chi connectivity index (χ2v) is 18.7. The first-order valence-electron chi connectivity index (χ1n) is 19.4. The molecule has 0 aromatic heterocycles. The standard InChI is InChI=1S/C41H56BN3/c1-23-13-18-33-38(24(23)2)45-35-19-16-26-14-15-27-21-32-39(37(35)36(26)27)44(40(45)43-33)34-20-17-28(41(3,4)5)22-31(34)42(32)30-12-8-10-25-9-6-7-11-29(25)30/h6-12,23-24,26-28,31-39H,13-22H2,1-5H3. The quantitative estimate of drug-likeness (QED) is 0.305. The third-order valence-electron chi connectivity index (χ3n) is 16.2. The molecule has 45 heavy (non-hydrogen) atoms. The molecule has 2 aromatic rings. The highest BCUT2D eigenvalue weighted by Crippen LogP contribution is 2.66. The van der Waals surface area contributed by atoms with Crippen molar-refractivity contribution in [2.45, 2.75) is 141 Å². The van der Waals surface area contributed by atoms with E-state index in [2.05, 4.69) is 86.9 Å². The Hall–Kier alpha value is -1.97. The van der Waals surface area contributed by atoms with Gasteiger partial charge in [-0.15, -0.1) is 0 Å². The van der Waals surface area contributed by atoms with Gasteiger partial charge in [-0.3, -0.25) is 0 Å². The lowest BCUT2D eigenvalue weighted by atomic mass is 9.22. The summed E-state index contributed by atoms with van der Waals surface area (Å²) in [5.74, 6) is 9.09. The third kappa shape index (κ3) is 3.81. The fraction of sp³-hybridized carbons (Fsp3) is 0.732. The molecular formula is C41H56BN3. The van der Waals surface area contributed by atoms with Crippen LogP contribution in [-0.2, 0) is 0 Å². The predicted octanol–water partition coefficient (Wildman–Crippen LogP) is 8.49. The minimum absolute atomic E-state index is 0.370. The van der Waals surface area contributed by atoms with E-state index in [9.17, 15) is 0 Å². The summed E-state index contributed by atoms with van der Waals surface area (Å²) in [4.78, 5) is 12.1. The van der Waals surface area contributed by atoms with Crippen molar-refractivity contribution >= 4 is 28.9 Å². The number of hydrogen-bond acceptors (Lipinski definition) is 3. The van der Waals surface area contributed by atoms with Crippen LogP contribution in [0.5, 0.6) is 0 Å². The fourth-order valence-electron chi connectivity index (χ4n) is 14.2. The molecule has 2 saturated heterocycles. The highest BCUT2D eigenvalue weighted by Gasteiger charge is 2.68. The molecule has 14 unspecified atom stereocenters. The summed E-state index contributed by atoms with van der Waals surface area (Å²) in [6.07, 6.45) is 14.2. The SMILES string of the molecule is CC1CCC2N=C3N(C4CCC5CCC6CC7B(c8cccc9ccccc89)C8CC(C(C)(C)C)CCC8N3C7C4C56)C2C1C. The van der Waals surface area contributed by atoms with Gasteiger partial charge in [-0.2, -0.15) is 0 Å². The van der Waals surface area contributed by atoms with Crippen molar-refractivity contribution in [3.8, 4) is 0 Å². The molecule has 5 saturated carbocycles. The Balaban J connectivity index is 1.17. The van der Waals surface area contributed by atoms with E-state index in [0.29, 0.717) is 42.1 Å². The Morgan fingerprint density at radius 3 is 2.33 bits per heavy atom. The van der Waals surface area contributed by atoms with E-state index in [4.69, 9.17) is 4.99 Å². The first-order valence-corrected chi connectivity index (χ1v) is 19.4. The molecule has 4 heteroatoms. The van der Waals surface area contributed by atoms with Crippen molar-refractivity contribution in [2.24, 2.45) is 51.8 Å². The summed E-state index contributed by atoms with van der Waals surface area (Å²) in [5, 5.41) is 3.00. The molecule has 2 aromatic carbocycles. The highest BCUT2D eigenvalue weighted by molar-refractivity contribution is 6.78. The van der Waals surface area contributed by atoms with Gasteiger partial charge in [-0.05, 0) is 115 Å². The Labute approximate surface area is 273 Å². The number of guanidine groups is 1. The van der Waals surface area contributed by atoms with Crippen LogP contribution in [-0.4, -0.2) is 52.7 Å². The number of benzene rings is 2. The third-order valence-corrected chi connectivity index (χ3v) is 16.2. The van der Waals surface area contributed by atoms with Crippen LogP contribution in [0.3, 0.4) is 0 Å². The van der Waals surface area contributed by atoms with Crippen LogP contribution in [0.2, 0.25) is 11.6 Å². The summed E-state index contributed by atoms with van der Waals surface area (Å²) >= 11 is 0. The van der Waals surface area contributed by atoms with Crippen molar-refractivity contribution in [1.82, 2.24) is 9.80 Å². The van der Waals surface area contributed by atoms with Gasteiger partial charge in [0.1, 0.15) is 0 Å². The monoisotopic (exact) mass is 601 g/mol. The van der Waals surface area contributed by atoms with Crippen LogP contribution in [0.4, 0.5) is 0 Å². The number of hydrogen-bond donors (Lipinski definition) is 0. The van der Waals surface area contributed by atoms with Gasteiger partial charge >= 0.3 is 0 Å². The van der Waals surface area contributed by atoms with Crippen LogP contribution >= 0.6 is 0 Å². The van der Waals surface area contributed by atoms with E-state index in [1.165, 1.54) is 75.6 Å². The number of aliphatic imine (C=N–C) groups is 1. The van der Waals surface area contributed by atoms with Crippen LogP contribution < -0.4 is 5.46 Å². The van der Waals surface area contributed by atoms with Gasteiger partial charge in [-0.25, -0.2) is 4.99 Å². The van der Waals surface area contributed by atoms with E-state index in [-0.39, 0.29) is 0 Å². The van der Waals surface area contributed by atoms with Crippen LogP contribution in [0.15, 0.2) is 47.5 Å². The lowest BCUT2D eigenvalue weighted by molar-refractivity contribution is -0.0885. The van der Waals surface area contributed by atoms with Gasteiger partial charge in [-0.1, -0.05) is 95.4 Å². The molecule has 5 aliphatic carbocycles. The molecule has 3 heterocycles. The maximum absolute atomic E-state index is 5.90. The molecule has 7 fully saturated rings. The van der Waals surface area contributed by atoms with Gasteiger partial charge in [0.15, 0.2) is 12.7 Å². The maximum Gasteiger partial charge on any atom is 0.198 e. The smallest absolute Gasteiger partial charge is 0.198 e. The molecule has 0 bridgehead atoms. The first kappa shape index (κ1) is 28.1. The van der Waals surface area contributed by atoms with Crippen molar-refractivity contribution in [3.63, 3.8) is 0 Å². The Bertz CT molecular complexity index is 1520. The number of nitrogens with zero attached hydrogens (tertiary/aromatic N) is 3. The summed E-state index contributed by atoms with van der Waals surface area (Å²) in [6.45, 7) is 13.4. The van der Waals surface area contributed by atoms with E-state index < -0.39 is 0 Å². The molecule has 8 aliphatic rings. The normalized spacial score (nSPS) is 46.3. The average molecular weight is 602 g/mol. The van der Waals surface area contributed by atoms with Crippen molar-refractivity contribution in [2.75, 3.05) is 0 Å². The zero-order valence-corrected chi connectivity index (χ0v) is 28.6. The van der Waals surface area contributed by atoms with Gasteiger partial charge in [0, 0.05) is 24.0 Å². The molecule has 0 amide bonds. The molecule has 3 aliphatic heterocycles. The maximum atomic E-state index is 5.90. The Morgan fingerprint density at radius 1 is 0.711 bits per heavy atom. The van der Waals surface area contributed by atoms with Gasteiger partial charge in [0.05, 0.1) is 12.1 Å². The molecule has 238 valence electrons. The molecule has 0 spiro atoms. The topological polar surface area (TPSA) is 18.8 Å². The Morgan fingerprint density at radius 2 is 1.47 bits per heavy atom. The van der Waals surface area contributed by atoms with Crippen molar-refractivity contribution in [1.29, 1.82) is 0 Å². The molecular weight excluding hydrogens is 545 g/mol.